The lowest BCUT2D eigenvalue weighted by Gasteiger charge is -2.06. The number of ether oxygens (including phenoxy) is 1. The van der Waals surface area contributed by atoms with Gasteiger partial charge in [-0.15, -0.1) is 0 Å². The fourth-order valence-corrected chi connectivity index (χ4v) is 2.12. The molecule has 0 bridgehead atoms. The molecule has 0 aliphatic heterocycles. The first kappa shape index (κ1) is 14.2. The normalized spacial score (nSPS) is 10.9. The molecule has 2 rings (SSSR count). The Kier molecular flexibility index (Phi) is 5.07. The van der Waals surface area contributed by atoms with E-state index in [4.69, 9.17) is 4.74 Å². The molecule has 102 valence electrons. The average Bonchev–Trinajstić information content (AvgIpc) is 2.86. The van der Waals surface area contributed by atoms with Crippen LogP contribution in [-0.2, 0) is 11.3 Å². The third kappa shape index (κ3) is 3.62. The molecule has 2 aromatic rings. The van der Waals surface area contributed by atoms with E-state index in [0.717, 1.165) is 23.4 Å². The number of aromatic nitrogens is 2. The fraction of sp³-hybridized carbons (Fsp3) is 0.308. The van der Waals surface area contributed by atoms with Crippen LogP contribution >= 0.6 is 15.9 Å². The third-order valence-corrected chi connectivity index (χ3v) is 3.33. The summed E-state index contributed by atoms with van der Waals surface area (Å²) in [6.45, 7) is 2.12. The van der Waals surface area contributed by atoms with Crippen molar-refractivity contribution in [2.45, 2.75) is 6.54 Å². The van der Waals surface area contributed by atoms with Crippen LogP contribution in [0.4, 0.5) is 4.39 Å². The van der Waals surface area contributed by atoms with E-state index >= 15 is 0 Å². The number of nitrogens with zero attached hydrogens (tertiary/aromatic N) is 1. The van der Waals surface area contributed by atoms with Gasteiger partial charge in [-0.25, -0.2) is 4.39 Å². The van der Waals surface area contributed by atoms with Crippen molar-refractivity contribution in [1.29, 1.82) is 0 Å². The Morgan fingerprint density at radius 2 is 2.32 bits per heavy atom. The Hall–Kier alpha value is -1.24. The largest absolute Gasteiger partial charge is 0.383 e. The maximum absolute atomic E-state index is 13.2. The number of nitrogens with one attached hydrogen (secondary N) is 2. The van der Waals surface area contributed by atoms with Crippen molar-refractivity contribution in [2.75, 3.05) is 20.3 Å². The molecule has 2 N–H and O–H groups in total. The van der Waals surface area contributed by atoms with Gasteiger partial charge in [0.15, 0.2) is 0 Å². The second kappa shape index (κ2) is 6.79. The lowest BCUT2D eigenvalue weighted by molar-refractivity contribution is 0.199. The van der Waals surface area contributed by atoms with Gasteiger partial charge >= 0.3 is 0 Å². The van der Waals surface area contributed by atoms with E-state index in [-0.39, 0.29) is 5.82 Å². The van der Waals surface area contributed by atoms with Gasteiger partial charge in [0.1, 0.15) is 5.82 Å². The molecule has 19 heavy (non-hydrogen) atoms. The zero-order valence-corrected chi connectivity index (χ0v) is 12.1. The molecule has 0 atom stereocenters. The van der Waals surface area contributed by atoms with Gasteiger partial charge in [-0.1, -0.05) is 0 Å². The summed E-state index contributed by atoms with van der Waals surface area (Å²) in [5.41, 5.74) is 2.83. The molecule has 0 saturated heterocycles. The number of halogens is 2. The van der Waals surface area contributed by atoms with E-state index in [1.165, 1.54) is 6.07 Å². The standard InChI is InChI=1S/C13H15BrFN3O/c1-19-5-4-16-7-10-8-17-18-13(10)9-2-3-12(15)11(14)6-9/h2-3,6,8,16H,4-5,7H2,1H3,(H,17,18). The van der Waals surface area contributed by atoms with Crippen LogP contribution in [0.3, 0.4) is 0 Å². The summed E-state index contributed by atoms with van der Waals surface area (Å²) in [4.78, 5) is 0. The van der Waals surface area contributed by atoms with Gasteiger partial charge < -0.3 is 10.1 Å². The van der Waals surface area contributed by atoms with Crippen molar-refractivity contribution in [3.63, 3.8) is 0 Å². The highest BCUT2D eigenvalue weighted by Crippen LogP contribution is 2.26. The van der Waals surface area contributed by atoms with Crippen molar-refractivity contribution in [1.82, 2.24) is 15.5 Å². The maximum Gasteiger partial charge on any atom is 0.137 e. The highest BCUT2D eigenvalue weighted by atomic mass is 79.9. The third-order valence-electron chi connectivity index (χ3n) is 2.72. The summed E-state index contributed by atoms with van der Waals surface area (Å²) in [7, 11) is 1.67. The van der Waals surface area contributed by atoms with Crippen molar-refractivity contribution >= 4 is 15.9 Å². The number of benzene rings is 1. The van der Waals surface area contributed by atoms with Gasteiger partial charge in [-0.05, 0) is 34.1 Å². The van der Waals surface area contributed by atoms with Crippen LogP contribution < -0.4 is 5.32 Å². The highest BCUT2D eigenvalue weighted by Gasteiger charge is 2.09. The van der Waals surface area contributed by atoms with E-state index < -0.39 is 0 Å². The van der Waals surface area contributed by atoms with Crippen LogP contribution in [0.1, 0.15) is 5.56 Å². The molecule has 0 aliphatic carbocycles. The van der Waals surface area contributed by atoms with Crippen LogP contribution in [0.2, 0.25) is 0 Å². The molecule has 0 radical (unpaired) electrons. The SMILES string of the molecule is COCCNCc1cn[nH]c1-c1ccc(F)c(Br)c1. The number of rotatable bonds is 6. The predicted molar refractivity (Wildman–Crippen MR) is 75.3 cm³/mol. The smallest absolute Gasteiger partial charge is 0.137 e. The number of hydrogen-bond acceptors (Lipinski definition) is 3. The minimum atomic E-state index is -0.275. The summed E-state index contributed by atoms with van der Waals surface area (Å²) in [6.07, 6.45) is 1.77. The molecule has 0 spiro atoms. The van der Waals surface area contributed by atoms with Crippen LogP contribution in [0.25, 0.3) is 11.3 Å². The van der Waals surface area contributed by atoms with Crippen LogP contribution in [-0.4, -0.2) is 30.5 Å². The summed E-state index contributed by atoms with van der Waals surface area (Å²) in [5, 5.41) is 10.2. The first-order valence-corrected chi connectivity index (χ1v) is 6.69. The van der Waals surface area contributed by atoms with Crippen LogP contribution in [0.5, 0.6) is 0 Å². The lowest BCUT2D eigenvalue weighted by Crippen LogP contribution is -2.18. The summed E-state index contributed by atoms with van der Waals surface area (Å²) < 4.78 is 18.6. The Morgan fingerprint density at radius 1 is 1.47 bits per heavy atom. The van der Waals surface area contributed by atoms with Gasteiger partial charge in [-0.3, -0.25) is 5.10 Å². The summed E-state index contributed by atoms with van der Waals surface area (Å²) >= 11 is 3.19. The van der Waals surface area contributed by atoms with Crippen molar-refractivity contribution in [3.05, 3.63) is 40.2 Å². The molecule has 4 nitrogen and oxygen atoms in total. The van der Waals surface area contributed by atoms with Crippen molar-refractivity contribution < 1.29 is 9.13 Å². The van der Waals surface area contributed by atoms with E-state index in [2.05, 4.69) is 31.4 Å². The first-order chi connectivity index (χ1) is 9.22. The van der Waals surface area contributed by atoms with Gasteiger partial charge in [0.2, 0.25) is 0 Å². The van der Waals surface area contributed by atoms with Gasteiger partial charge in [0.25, 0.3) is 0 Å². The van der Waals surface area contributed by atoms with Crippen LogP contribution in [0.15, 0.2) is 28.9 Å². The second-order valence-electron chi connectivity index (χ2n) is 4.07. The highest BCUT2D eigenvalue weighted by molar-refractivity contribution is 9.10. The first-order valence-electron chi connectivity index (χ1n) is 5.89. The fourth-order valence-electron chi connectivity index (χ4n) is 1.74. The lowest BCUT2D eigenvalue weighted by atomic mass is 10.1. The molecular formula is C13H15BrFN3O. The van der Waals surface area contributed by atoms with Crippen LogP contribution in [0, 0.1) is 5.82 Å². The molecule has 0 saturated carbocycles. The Labute approximate surface area is 119 Å². The number of aromatic amines is 1. The summed E-state index contributed by atoms with van der Waals surface area (Å²) in [5.74, 6) is -0.275. The number of methoxy groups -OCH3 is 1. The molecule has 0 amide bonds. The second-order valence-corrected chi connectivity index (χ2v) is 4.92. The predicted octanol–water partition coefficient (Wildman–Crippen LogP) is 2.71. The minimum Gasteiger partial charge on any atom is -0.383 e. The van der Waals surface area contributed by atoms with E-state index in [0.29, 0.717) is 17.6 Å². The van der Waals surface area contributed by atoms with Crippen molar-refractivity contribution in [3.8, 4) is 11.3 Å². The number of hydrogen-bond donors (Lipinski definition) is 2. The average molecular weight is 328 g/mol. The molecule has 0 aliphatic rings. The molecule has 1 heterocycles. The molecule has 6 heteroatoms. The number of H-pyrrole nitrogens is 1. The Bertz CT molecular complexity index is 544. The summed E-state index contributed by atoms with van der Waals surface area (Å²) in [6, 6.07) is 4.90. The zero-order valence-electron chi connectivity index (χ0n) is 10.5. The quantitative estimate of drug-likeness (QED) is 0.802. The monoisotopic (exact) mass is 327 g/mol. The topological polar surface area (TPSA) is 49.9 Å². The minimum absolute atomic E-state index is 0.275. The van der Waals surface area contributed by atoms with Gasteiger partial charge in [0, 0.05) is 31.3 Å². The van der Waals surface area contributed by atoms with Gasteiger partial charge in [-0.2, -0.15) is 5.10 Å². The van der Waals surface area contributed by atoms with Gasteiger partial charge in [0.05, 0.1) is 23.0 Å². The van der Waals surface area contributed by atoms with E-state index in [1.54, 1.807) is 25.4 Å². The Balaban J connectivity index is 2.12. The molecule has 1 aromatic carbocycles. The molecule has 0 fully saturated rings. The van der Waals surface area contributed by atoms with Crippen molar-refractivity contribution in [2.24, 2.45) is 0 Å². The van der Waals surface area contributed by atoms with E-state index in [9.17, 15) is 4.39 Å². The molecular weight excluding hydrogens is 313 g/mol. The molecule has 0 unspecified atom stereocenters. The Morgan fingerprint density at radius 3 is 3.05 bits per heavy atom. The molecule has 1 aromatic heterocycles. The maximum atomic E-state index is 13.2. The zero-order chi connectivity index (χ0) is 13.7. The van der Waals surface area contributed by atoms with E-state index in [1.807, 2.05) is 0 Å².